The van der Waals surface area contributed by atoms with Gasteiger partial charge < -0.3 is 0 Å². The number of nitrogen functional groups attached to an aromatic ring is 1. The molecule has 0 saturated heterocycles. The molecule has 3 rings (SSSR count). The van der Waals surface area contributed by atoms with Crippen molar-refractivity contribution in [3.8, 4) is 11.1 Å². The lowest BCUT2D eigenvalue weighted by Crippen LogP contribution is -2.43. The molecule has 0 saturated carbocycles. The lowest BCUT2D eigenvalue weighted by Gasteiger charge is -2.07. The molecule has 5 nitrogen and oxygen atoms in total. The highest BCUT2D eigenvalue weighted by Gasteiger charge is 2.15. The zero-order chi connectivity index (χ0) is 19.3. The third-order valence-electron chi connectivity index (χ3n) is 3.79. The van der Waals surface area contributed by atoms with Crippen LogP contribution in [0.15, 0.2) is 71.9 Å². The van der Waals surface area contributed by atoms with Crippen LogP contribution in [0, 0.1) is 20.8 Å². The van der Waals surface area contributed by atoms with E-state index >= 15 is 0 Å². The number of hydrogen-bond acceptors (Lipinski definition) is 3. The van der Waals surface area contributed by atoms with E-state index < -0.39 is 10.1 Å². The maximum atomic E-state index is 10.9. The molecule has 0 radical (unpaired) electrons. The van der Waals surface area contributed by atoms with E-state index in [0.29, 0.717) is 11.1 Å². The summed E-state index contributed by atoms with van der Waals surface area (Å²) in [6, 6.07) is 17.6. The van der Waals surface area contributed by atoms with Crippen LogP contribution < -0.4 is 10.5 Å². The minimum absolute atomic E-state index is 0.0260. The predicted octanol–water partition coefficient (Wildman–Crippen LogP) is 3.21. The van der Waals surface area contributed by atoms with Crippen LogP contribution in [0.2, 0.25) is 0 Å². The van der Waals surface area contributed by atoms with Gasteiger partial charge in [-0.15, -0.1) is 0 Å². The fourth-order valence-corrected chi connectivity index (χ4v) is 3.80. The summed E-state index contributed by atoms with van der Waals surface area (Å²) in [6.07, 6.45) is 3.71. The Balaban J connectivity index is 0.000000187. The molecule has 26 heavy (non-hydrogen) atoms. The van der Waals surface area contributed by atoms with Crippen molar-refractivity contribution in [2.75, 3.05) is 5.84 Å². The van der Waals surface area contributed by atoms with Gasteiger partial charge in [0.05, 0.1) is 4.90 Å². The summed E-state index contributed by atoms with van der Waals surface area (Å²) in [6.45, 7) is 5.22. The Morgan fingerprint density at radius 1 is 0.885 bits per heavy atom. The Labute approximate surface area is 154 Å². The van der Waals surface area contributed by atoms with Crippen LogP contribution in [-0.2, 0) is 10.1 Å². The van der Waals surface area contributed by atoms with E-state index in [0.717, 1.165) is 11.1 Å². The second-order valence-corrected chi connectivity index (χ2v) is 7.47. The van der Waals surface area contributed by atoms with E-state index in [2.05, 4.69) is 12.1 Å². The Kier molecular flexibility index (Phi) is 6.13. The van der Waals surface area contributed by atoms with E-state index in [4.69, 9.17) is 10.4 Å². The quantitative estimate of drug-likeness (QED) is 0.412. The highest BCUT2D eigenvalue weighted by atomic mass is 32.2. The first kappa shape index (κ1) is 19.6. The van der Waals surface area contributed by atoms with Crippen LogP contribution in [0.5, 0.6) is 0 Å². The van der Waals surface area contributed by atoms with Crippen LogP contribution in [0.3, 0.4) is 0 Å². The van der Waals surface area contributed by atoms with Gasteiger partial charge in [-0.3, -0.25) is 4.55 Å². The van der Waals surface area contributed by atoms with Gasteiger partial charge in [-0.1, -0.05) is 52.7 Å². The molecule has 3 N–H and O–H groups in total. The van der Waals surface area contributed by atoms with Crippen LogP contribution in [-0.4, -0.2) is 13.0 Å². The molecule has 0 fully saturated rings. The van der Waals surface area contributed by atoms with Crippen molar-refractivity contribution in [3.05, 3.63) is 83.7 Å². The van der Waals surface area contributed by atoms with E-state index in [1.54, 1.807) is 30.7 Å². The van der Waals surface area contributed by atoms with Gasteiger partial charge in [-0.25, -0.2) is 5.84 Å². The first-order valence-corrected chi connectivity index (χ1v) is 9.49. The molecule has 0 spiro atoms. The van der Waals surface area contributed by atoms with Gasteiger partial charge in [0.15, 0.2) is 6.20 Å². The molecule has 136 valence electrons. The molecule has 0 aliphatic rings. The summed E-state index contributed by atoms with van der Waals surface area (Å²) in [5, 5.41) is 0. The summed E-state index contributed by atoms with van der Waals surface area (Å²) in [7, 11) is -4.08. The molecular weight excluding hydrogens is 348 g/mol. The largest absolute Gasteiger partial charge is 0.295 e. The van der Waals surface area contributed by atoms with E-state index in [9.17, 15) is 8.42 Å². The Bertz CT molecular complexity index is 978. The maximum absolute atomic E-state index is 10.9. The molecule has 0 aliphatic heterocycles. The summed E-state index contributed by atoms with van der Waals surface area (Å²) in [4.78, 5) is 0.0260. The molecule has 0 unspecified atom stereocenters. The second-order valence-electron chi connectivity index (χ2n) is 6.11. The normalized spacial score (nSPS) is 10.8. The fourth-order valence-electron chi connectivity index (χ4n) is 2.87. The van der Waals surface area contributed by atoms with Gasteiger partial charge in [0.25, 0.3) is 10.1 Å². The predicted molar refractivity (Wildman–Crippen MR) is 103 cm³/mol. The highest BCUT2D eigenvalue weighted by molar-refractivity contribution is 7.86. The van der Waals surface area contributed by atoms with Crippen molar-refractivity contribution in [2.24, 2.45) is 0 Å². The molecule has 1 heterocycles. The van der Waals surface area contributed by atoms with E-state index in [-0.39, 0.29) is 4.90 Å². The van der Waals surface area contributed by atoms with Crippen LogP contribution >= 0.6 is 0 Å². The molecule has 0 bridgehead atoms. The second kappa shape index (κ2) is 8.12. The minimum atomic E-state index is -4.08. The van der Waals surface area contributed by atoms with Gasteiger partial charge in [-0.2, -0.15) is 8.42 Å². The zero-order valence-corrected chi connectivity index (χ0v) is 15.9. The van der Waals surface area contributed by atoms with Crippen molar-refractivity contribution < 1.29 is 17.6 Å². The van der Waals surface area contributed by atoms with Crippen LogP contribution in [0.4, 0.5) is 0 Å². The molecule has 3 aromatic rings. The smallest absolute Gasteiger partial charge is 0.282 e. The SMILES string of the molecule is Cc1cc(C)c(S(=O)(=O)O)c(C)c1.N[n+]1cccc(-c2ccccc2)c1. The number of nitrogens with two attached hydrogens (primary N) is 1. The first-order valence-electron chi connectivity index (χ1n) is 8.05. The number of benzene rings is 2. The van der Waals surface area contributed by atoms with Gasteiger partial charge >= 0.3 is 0 Å². The topological polar surface area (TPSA) is 84.3 Å². The van der Waals surface area contributed by atoms with Gasteiger partial charge in [-0.05, 0) is 43.5 Å². The number of nitrogens with zero attached hydrogens (tertiary/aromatic N) is 1. The summed E-state index contributed by atoms with van der Waals surface area (Å²) < 4.78 is 32.4. The van der Waals surface area contributed by atoms with Crippen molar-refractivity contribution in [1.82, 2.24) is 0 Å². The molecule has 2 aromatic carbocycles. The first-order chi connectivity index (χ1) is 12.2. The number of rotatable bonds is 2. The van der Waals surface area contributed by atoms with Gasteiger partial charge in [0.2, 0.25) is 6.20 Å². The molecule has 1 aromatic heterocycles. The number of pyridine rings is 1. The molecular formula is C20H23N2O3S+. The molecule has 0 atom stereocenters. The fraction of sp³-hybridized carbons (Fsp3) is 0.150. The van der Waals surface area contributed by atoms with Crippen LogP contribution in [0.25, 0.3) is 11.1 Å². The third-order valence-corrected chi connectivity index (χ3v) is 4.95. The van der Waals surface area contributed by atoms with Gasteiger partial charge in [0, 0.05) is 11.6 Å². The van der Waals surface area contributed by atoms with Gasteiger partial charge in [0.1, 0.15) is 0 Å². The lowest BCUT2D eigenvalue weighted by molar-refractivity contribution is -0.638. The van der Waals surface area contributed by atoms with Crippen molar-refractivity contribution in [2.45, 2.75) is 25.7 Å². The molecule has 0 aliphatic carbocycles. The lowest BCUT2D eigenvalue weighted by atomic mass is 10.1. The zero-order valence-electron chi connectivity index (χ0n) is 15.0. The highest BCUT2D eigenvalue weighted by Crippen LogP contribution is 2.21. The van der Waals surface area contributed by atoms with Crippen molar-refractivity contribution in [3.63, 3.8) is 0 Å². The Morgan fingerprint density at radius 3 is 1.92 bits per heavy atom. The minimum Gasteiger partial charge on any atom is -0.282 e. The summed E-state index contributed by atoms with van der Waals surface area (Å²) in [5.74, 6) is 5.61. The average Bonchev–Trinajstić information content (AvgIpc) is 2.54. The standard InChI is InChI=1S/C11H11N2.C9H12O3S/c12-13-8-4-7-11(9-13)10-5-2-1-3-6-10;1-6-4-7(2)9(8(3)5-6)13(10,11)12/h1-9H,12H2;4-5H,1-3H3,(H,10,11,12)/q+1;. The molecule has 0 amide bonds. The Hall–Kier alpha value is -2.70. The van der Waals surface area contributed by atoms with E-state index in [1.165, 1.54) is 5.56 Å². The molecule has 6 heteroatoms. The van der Waals surface area contributed by atoms with Crippen molar-refractivity contribution >= 4 is 10.1 Å². The number of aromatic nitrogens is 1. The maximum Gasteiger partial charge on any atom is 0.295 e. The summed E-state index contributed by atoms with van der Waals surface area (Å²) in [5.41, 5.74) is 4.47. The van der Waals surface area contributed by atoms with Crippen LogP contribution in [0.1, 0.15) is 16.7 Å². The number of hydrogen-bond donors (Lipinski definition) is 2. The Morgan fingerprint density at radius 2 is 1.42 bits per heavy atom. The third kappa shape index (κ3) is 5.15. The van der Waals surface area contributed by atoms with Crippen molar-refractivity contribution in [1.29, 1.82) is 0 Å². The average molecular weight is 371 g/mol. The number of aryl methyl sites for hydroxylation is 3. The summed E-state index contributed by atoms with van der Waals surface area (Å²) >= 11 is 0. The van der Waals surface area contributed by atoms with E-state index in [1.807, 2.05) is 49.6 Å². The monoisotopic (exact) mass is 371 g/mol.